The number of carbonyl (C=O) groups is 2. The van der Waals surface area contributed by atoms with Crippen LogP contribution in [0.5, 0.6) is 0 Å². The summed E-state index contributed by atoms with van der Waals surface area (Å²) in [6.45, 7) is 5.75. The van der Waals surface area contributed by atoms with E-state index in [2.05, 4.69) is 5.32 Å². The van der Waals surface area contributed by atoms with Crippen LogP contribution >= 0.6 is 12.4 Å². The van der Waals surface area contributed by atoms with Crippen molar-refractivity contribution in [1.29, 1.82) is 0 Å². The van der Waals surface area contributed by atoms with E-state index in [9.17, 15) is 9.59 Å². The van der Waals surface area contributed by atoms with Crippen molar-refractivity contribution in [3.8, 4) is 0 Å². The maximum Gasteiger partial charge on any atom is 0.255 e. The lowest BCUT2D eigenvalue weighted by atomic mass is 9.71. The number of amides is 2. The number of anilines is 1. The molecule has 0 bridgehead atoms. The Morgan fingerprint density at radius 3 is 2.31 bits per heavy atom. The first-order valence-electron chi connectivity index (χ1n) is 9.43. The summed E-state index contributed by atoms with van der Waals surface area (Å²) < 4.78 is 0. The molecule has 1 aliphatic carbocycles. The normalized spacial score (nSPS) is 15.7. The fraction of sp³-hybridized carbons (Fsp3) is 0.600. The topological polar surface area (TPSA) is 75.4 Å². The quantitative estimate of drug-likeness (QED) is 0.753. The predicted molar refractivity (Wildman–Crippen MR) is 109 cm³/mol. The Morgan fingerprint density at radius 1 is 1.12 bits per heavy atom. The van der Waals surface area contributed by atoms with Crippen LogP contribution in [0, 0.1) is 5.41 Å². The van der Waals surface area contributed by atoms with Crippen LogP contribution in [-0.2, 0) is 4.79 Å². The summed E-state index contributed by atoms with van der Waals surface area (Å²) in [7, 11) is 0. The van der Waals surface area contributed by atoms with Gasteiger partial charge in [-0.05, 0) is 50.8 Å². The van der Waals surface area contributed by atoms with E-state index >= 15 is 0 Å². The molecule has 146 valence electrons. The van der Waals surface area contributed by atoms with E-state index < -0.39 is 0 Å². The Bertz CT molecular complexity index is 596. The van der Waals surface area contributed by atoms with Gasteiger partial charge in [-0.25, -0.2) is 0 Å². The molecule has 3 N–H and O–H groups in total. The van der Waals surface area contributed by atoms with Crippen molar-refractivity contribution in [1.82, 2.24) is 4.90 Å². The lowest BCUT2D eigenvalue weighted by Gasteiger charge is -2.35. The van der Waals surface area contributed by atoms with Crippen molar-refractivity contribution in [2.24, 2.45) is 11.1 Å². The second kappa shape index (κ2) is 10.5. The predicted octanol–water partition coefficient (Wildman–Crippen LogP) is 3.83. The second-order valence-electron chi connectivity index (χ2n) is 7.01. The molecule has 0 spiro atoms. The van der Waals surface area contributed by atoms with Crippen molar-refractivity contribution in [3.63, 3.8) is 0 Å². The molecule has 1 aromatic carbocycles. The molecule has 6 heteroatoms. The monoisotopic (exact) mass is 381 g/mol. The van der Waals surface area contributed by atoms with Crippen molar-refractivity contribution >= 4 is 29.9 Å². The highest BCUT2D eigenvalue weighted by Gasteiger charge is 2.33. The number of para-hydroxylation sites is 1. The summed E-state index contributed by atoms with van der Waals surface area (Å²) in [6, 6.07) is 7.24. The summed E-state index contributed by atoms with van der Waals surface area (Å²) in [5.74, 6) is -0.0979. The van der Waals surface area contributed by atoms with Gasteiger partial charge in [-0.3, -0.25) is 9.59 Å². The van der Waals surface area contributed by atoms with Crippen LogP contribution in [-0.4, -0.2) is 36.3 Å². The van der Waals surface area contributed by atoms with Gasteiger partial charge in [-0.1, -0.05) is 31.4 Å². The molecule has 0 radical (unpaired) electrons. The lowest BCUT2D eigenvalue weighted by molar-refractivity contribution is -0.118. The fourth-order valence-corrected chi connectivity index (χ4v) is 3.75. The molecule has 0 aromatic heterocycles. The van der Waals surface area contributed by atoms with Crippen molar-refractivity contribution < 1.29 is 9.59 Å². The number of nitrogens with two attached hydrogens (primary N) is 1. The van der Waals surface area contributed by atoms with E-state index in [1.54, 1.807) is 17.0 Å². The van der Waals surface area contributed by atoms with Crippen LogP contribution < -0.4 is 11.1 Å². The zero-order chi connectivity index (χ0) is 18.3. The summed E-state index contributed by atoms with van der Waals surface area (Å²) in [6.07, 6.45) is 5.96. The first kappa shape index (κ1) is 22.5. The maximum absolute atomic E-state index is 12.7. The van der Waals surface area contributed by atoms with E-state index in [1.165, 1.54) is 6.42 Å². The Balaban J connectivity index is 0.00000338. The Labute approximate surface area is 163 Å². The minimum Gasteiger partial charge on any atom is -0.339 e. The van der Waals surface area contributed by atoms with Gasteiger partial charge >= 0.3 is 0 Å². The van der Waals surface area contributed by atoms with Gasteiger partial charge in [0.2, 0.25) is 5.91 Å². The molecule has 1 saturated carbocycles. The van der Waals surface area contributed by atoms with Gasteiger partial charge in [-0.2, -0.15) is 0 Å². The van der Waals surface area contributed by atoms with E-state index in [1.807, 2.05) is 26.0 Å². The van der Waals surface area contributed by atoms with Crippen LogP contribution in [0.2, 0.25) is 0 Å². The van der Waals surface area contributed by atoms with Gasteiger partial charge in [0.15, 0.2) is 0 Å². The minimum absolute atomic E-state index is 0. The highest BCUT2D eigenvalue weighted by molar-refractivity contribution is 6.03. The molecule has 0 aliphatic heterocycles. The Hall–Kier alpha value is -1.59. The van der Waals surface area contributed by atoms with Gasteiger partial charge < -0.3 is 16.0 Å². The molecule has 1 fully saturated rings. The zero-order valence-electron chi connectivity index (χ0n) is 15.9. The number of nitrogens with one attached hydrogen (secondary N) is 1. The average Bonchev–Trinajstić information content (AvgIpc) is 2.63. The van der Waals surface area contributed by atoms with E-state index in [-0.39, 0.29) is 29.6 Å². The molecular formula is C20H32ClN3O2. The largest absolute Gasteiger partial charge is 0.339 e. The van der Waals surface area contributed by atoms with Crippen LogP contribution in [0.3, 0.4) is 0 Å². The van der Waals surface area contributed by atoms with E-state index in [4.69, 9.17) is 5.73 Å². The molecule has 0 saturated heterocycles. The molecule has 2 amide bonds. The third-order valence-electron chi connectivity index (χ3n) is 5.36. The highest BCUT2D eigenvalue weighted by Crippen LogP contribution is 2.38. The molecule has 0 atom stereocenters. The molecule has 2 rings (SSSR count). The number of benzene rings is 1. The molecule has 26 heavy (non-hydrogen) atoms. The summed E-state index contributed by atoms with van der Waals surface area (Å²) in [5, 5.41) is 2.96. The summed E-state index contributed by atoms with van der Waals surface area (Å²) in [5.41, 5.74) is 7.05. The number of halogens is 1. The van der Waals surface area contributed by atoms with E-state index in [0.717, 1.165) is 25.7 Å². The number of nitrogens with zero attached hydrogens (tertiary/aromatic N) is 1. The van der Waals surface area contributed by atoms with E-state index in [0.29, 0.717) is 37.3 Å². The van der Waals surface area contributed by atoms with Crippen LogP contribution in [0.1, 0.15) is 62.7 Å². The van der Waals surface area contributed by atoms with Gasteiger partial charge in [0.1, 0.15) is 0 Å². The molecular weight excluding hydrogens is 350 g/mol. The summed E-state index contributed by atoms with van der Waals surface area (Å²) >= 11 is 0. The van der Waals surface area contributed by atoms with Crippen LogP contribution in [0.25, 0.3) is 0 Å². The highest BCUT2D eigenvalue weighted by atomic mass is 35.5. The average molecular weight is 382 g/mol. The summed E-state index contributed by atoms with van der Waals surface area (Å²) in [4.78, 5) is 27.1. The van der Waals surface area contributed by atoms with Gasteiger partial charge in [0.25, 0.3) is 5.91 Å². The van der Waals surface area contributed by atoms with Crippen molar-refractivity contribution in [2.75, 3.05) is 25.0 Å². The molecule has 0 unspecified atom stereocenters. The minimum atomic E-state index is -0.0832. The van der Waals surface area contributed by atoms with Gasteiger partial charge in [0.05, 0.1) is 11.3 Å². The first-order chi connectivity index (χ1) is 12.0. The Morgan fingerprint density at radius 2 is 1.73 bits per heavy atom. The standard InChI is InChI=1S/C20H31N3O2.ClH/c1-3-23(4-2)19(25)16-10-6-7-11-17(16)22-18(24)14-20(15-21)12-8-5-9-13-20;/h6-7,10-11H,3-5,8-9,12-15,21H2,1-2H3,(H,22,24);1H. The second-order valence-corrected chi connectivity index (χ2v) is 7.01. The van der Waals surface area contributed by atoms with Crippen LogP contribution in [0.4, 0.5) is 5.69 Å². The first-order valence-corrected chi connectivity index (χ1v) is 9.43. The smallest absolute Gasteiger partial charge is 0.255 e. The van der Waals surface area contributed by atoms with Crippen LogP contribution in [0.15, 0.2) is 24.3 Å². The lowest BCUT2D eigenvalue weighted by Crippen LogP contribution is -2.37. The Kier molecular flexibility index (Phi) is 9.09. The molecule has 5 nitrogen and oxygen atoms in total. The fourth-order valence-electron chi connectivity index (χ4n) is 3.75. The number of rotatable bonds is 7. The maximum atomic E-state index is 12.7. The molecule has 0 heterocycles. The van der Waals surface area contributed by atoms with Crippen molar-refractivity contribution in [3.05, 3.63) is 29.8 Å². The van der Waals surface area contributed by atoms with Crippen molar-refractivity contribution in [2.45, 2.75) is 52.4 Å². The van der Waals surface area contributed by atoms with Gasteiger partial charge in [-0.15, -0.1) is 12.4 Å². The SMILES string of the molecule is CCN(CC)C(=O)c1ccccc1NC(=O)CC1(CN)CCCCC1.Cl. The molecule has 1 aromatic rings. The molecule has 1 aliphatic rings. The number of hydrogen-bond donors (Lipinski definition) is 2. The number of hydrogen-bond acceptors (Lipinski definition) is 3. The number of carbonyl (C=O) groups excluding carboxylic acids is 2. The third-order valence-corrected chi connectivity index (χ3v) is 5.36. The third kappa shape index (κ3) is 5.45. The zero-order valence-corrected chi connectivity index (χ0v) is 16.7. The van der Waals surface area contributed by atoms with Gasteiger partial charge in [0, 0.05) is 19.5 Å².